The summed E-state index contributed by atoms with van der Waals surface area (Å²) in [5.41, 5.74) is 3.78. The average Bonchev–Trinajstić information content (AvgIpc) is 3.04. The number of nitrogens with zero attached hydrogens (tertiary/aromatic N) is 4. The molecule has 25 heavy (non-hydrogen) atoms. The Hall–Kier alpha value is -2.14. The first-order valence-electron chi connectivity index (χ1n) is 8.95. The Morgan fingerprint density at radius 3 is 2.60 bits per heavy atom. The third kappa shape index (κ3) is 2.49. The van der Waals surface area contributed by atoms with Crippen molar-refractivity contribution in [1.82, 2.24) is 20.2 Å². The fraction of sp³-hybridized carbons (Fsp3) is 0.421. The molecule has 1 saturated heterocycles. The van der Waals surface area contributed by atoms with Crippen molar-refractivity contribution in [2.75, 3.05) is 18.0 Å². The van der Waals surface area contributed by atoms with Crippen molar-refractivity contribution in [2.45, 2.75) is 32.1 Å². The fourth-order valence-electron chi connectivity index (χ4n) is 4.18. The van der Waals surface area contributed by atoms with E-state index in [0.29, 0.717) is 16.1 Å². The van der Waals surface area contributed by atoms with Gasteiger partial charge in [0.05, 0.1) is 16.9 Å². The molecule has 1 saturated carbocycles. The molecular formula is C19H20ClN5. The normalized spacial score (nSPS) is 19.3. The highest BCUT2D eigenvalue weighted by Crippen LogP contribution is 2.49. The first-order chi connectivity index (χ1) is 12.2. The molecule has 6 heteroatoms. The number of H-pyrrole nitrogens is 1. The van der Waals surface area contributed by atoms with Crippen molar-refractivity contribution >= 4 is 28.6 Å². The highest BCUT2D eigenvalue weighted by molar-refractivity contribution is 6.33. The molecule has 0 radical (unpaired) electrons. The van der Waals surface area contributed by atoms with Gasteiger partial charge in [0.25, 0.3) is 0 Å². The average molecular weight is 354 g/mol. The van der Waals surface area contributed by atoms with Gasteiger partial charge in [-0.15, -0.1) is 0 Å². The zero-order chi connectivity index (χ0) is 16.9. The van der Waals surface area contributed by atoms with Crippen molar-refractivity contribution in [2.24, 2.45) is 5.41 Å². The standard InChI is InChI=1S/C19H20ClN5/c20-14-5-2-1-4-13(14)16-17-18(24-23-16)22-15(12-21-17)25-10-8-19(9-11-25)6-3-7-19/h1-2,4-5,12H,3,6-11H2,(H,22,23,24). The van der Waals surface area contributed by atoms with Gasteiger partial charge in [0.1, 0.15) is 11.3 Å². The fourth-order valence-corrected chi connectivity index (χ4v) is 4.41. The molecule has 5 nitrogen and oxygen atoms in total. The number of aromatic nitrogens is 4. The Kier molecular flexibility index (Phi) is 3.45. The van der Waals surface area contributed by atoms with Crippen LogP contribution in [0.25, 0.3) is 22.4 Å². The maximum Gasteiger partial charge on any atom is 0.202 e. The largest absolute Gasteiger partial charge is 0.355 e. The molecule has 2 aliphatic rings. The van der Waals surface area contributed by atoms with Crippen LogP contribution >= 0.6 is 11.6 Å². The Balaban J connectivity index is 1.44. The summed E-state index contributed by atoms with van der Waals surface area (Å²) >= 11 is 6.31. The zero-order valence-electron chi connectivity index (χ0n) is 14.0. The second-order valence-corrected chi connectivity index (χ2v) is 7.73. The third-order valence-corrected chi connectivity index (χ3v) is 6.29. The number of fused-ring (bicyclic) bond motifs is 1. The first kappa shape index (κ1) is 15.1. The van der Waals surface area contributed by atoms with E-state index < -0.39 is 0 Å². The lowest BCUT2D eigenvalue weighted by Gasteiger charge is -2.48. The van der Waals surface area contributed by atoms with Gasteiger partial charge >= 0.3 is 0 Å². The molecule has 1 aromatic carbocycles. The lowest BCUT2D eigenvalue weighted by molar-refractivity contribution is 0.0953. The van der Waals surface area contributed by atoms with E-state index in [9.17, 15) is 0 Å². The molecule has 2 aromatic heterocycles. The van der Waals surface area contributed by atoms with E-state index in [-0.39, 0.29) is 0 Å². The maximum absolute atomic E-state index is 6.31. The van der Waals surface area contributed by atoms with Crippen LogP contribution in [-0.4, -0.2) is 33.3 Å². The summed E-state index contributed by atoms with van der Waals surface area (Å²) in [6.45, 7) is 2.14. The van der Waals surface area contributed by atoms with Crippen LogP contribution in [0.4, 0.5) is 5.82 Å². The molecule has 1 spiro atoms. The van der Waals surface area contributed by atoms with Crippen molar-refractivity contribution in [3.05, 3.63) is 35.5 Å². The number of rotatable bonds is 2. The summed E-state index contributed by atoms with van der Waals surface area (Å²) in [4.78, 5) is 11.7. The van der Waals surface area contributed by atoms with Crippen LogP contribution < -0.4 is 4.90 Å². The lowest BCUT2D eigenvalue weighted by atomic mass is 9.63. The molecule has 0 amide bonds. The Labute approximate surface area is 151 Å². The molecule has 0 bridgehead atoms. The summed E-state index contributed by atoms with van der Waals surface area (Å²) < 4.78 is 0. The minimum absolute atomic E-state index is 0.637. The van der Waals surface area contributed by atoms with E-state index in [1.54, 1.807) is 0 Å². The van der Waals surface area contributed by atoms with Crippen LogP contribution in [0, 0.1) is 5.41 Å². The number of piperidine rings is 1. The van der Waals surface area contributed by atoms with Gasteiger partial charge < -0.3 is 4.90 Å². The quantitative estimate of drug-likeness (QED) is 0.739. The van der Waals surface area contributed by atoms with Crippen LogP contribution in [0.5, 0.6) is 0 Å². The number of nitrogens with one attached hydrogen (secondary N) is 1. The van der Waals surface area contributed by atoms with E-state index in [0.717, 1.165) is 35.7 Å². The predicted octanol–water partition coefficient (Wildman–Crippen LogP) is 4.44. The maximum atomic E-state index is 6.31. The Bertz CT molecular complexity index is 920. The summed E-state index contributed by atoms with van der Waals surface area (Å²) in [7, 11) is 0. The van der Waals surface area contributed by atoms with Gasteiger partial charge in [-0.3, -0.25) is 5.10 Å². The molecule has 3 heterocycles. The Morgan fingerprint density at radius 2 is 1.88 bits per heavy atom. The zero-order valence-corrected chi connectivity index (χ0v) is 14.8. The van der Waals surface area contributed by atoms with Crippen LogP contribution in [-0.2, 0) is 0 Å². The van der Waals surface area contributed by atoms with Crippen LogP contribution in [0.15, 0.2) is 30.5 Å². The molecule has 5 rings (SSSR count). The van der Waals surface area contributed by atoms with Crippen molar-refractivity contribution in [3.8, 4) is 11.3 Å². The van der Waals surface area contributed by atoms with Crippen LogP contribution in [0.1, 0.15) is 32.1 Å². The van der Waals surface area contributed by atoms with Crippen LogP contribution in [0.3, 0.4) is 0 Å². The molecule has 2 fully saturated rings. The number of anilines is 1. The monoisotopic (exact) mass is 353 g/mol. The summed E-state index contributed by atoms with van der Waals surface area (Å²) in [5, 5.41) is 8.10. The third-order valence-electron chi connectivity index (χ3n) is 5.96. The number of aromatic amines is 1. The van der Waals surface area contributed by atoms with E-state index in [1.165, 1.54) is 32.1 Å². The highest BCUT2D eigenvalue weighted by Gasteiger charge is 2.39. The van der Waals surface area contributed by atoms with Crippen LogP contribution in [0.2, 0.25) is 5.02 Å². The smallest absolute Gasteiger partial charge is 0.202 e. The van der Waals surface area contributed by atoms with Gasteiger partial charge in [-0.2, -0.15) is 5.10 Å². The van der Waals surface area contributed by atoms with Crippen molar-refractivity contribution in [3.63, 3.8) is 0 Å². The van der Waals surface area contributed by atoms with E-state index in [4.69, 9.17) is 16.6 Å². The van der Waals surface area contributed by atoms with Gasteiger partial charge in [-0.05, 0) is 37.2 Å². The molecule has 0 unspecified atom stereocenters. The van der Waals surface area contributed by atoms with Crippen molar-refractivity contribution < 1.29 is 0 Å². The van der Waals surface area contributed by atoms with E-state index in [1.807, 2.05) is 30.5 Å². The second-order valence-electron chi connectivity index (χ2n) is 7.32. The Morgan fingerprint density at radius 1 is 1.08 bits per heavy atom. The number of hydrogen-bond donors (Lipinski definition) is 1. The number of hydrogen-bond acceptors (Lipinski definition) is 4. The van der Waals surface area contributed by atoms with Gasteiger partial charge in [-0.25, -0.2) is 9.97 Å². The predicted molar refractivity (Wildman–Crippen MR) is 99.9 cm³/mol. The lowest BCUT2D eigenvalue weighted by Crippen LogP contribution is -2.43. The molecule has 1 N–H and O–H groups in total. The van der Waals surface area contributed by atoms with E-state index >= 15 is 0 Å². The summed E-state index contributed by atoms with van der Waals surface area (Å²) in [5.74, 6) is 0.930. The first-order valence-corrected chi connectivity index (χ1v) is 9.33. The van der Waals surface area contributed by atoms with Gasteiger partial charge in [0.15, 0.2) is 0 Å². The van der Waals surface area contributed by atoms with E-state index in [2.05, 4.69) is 20.1 Å². The topological polar surface area (TPSA) is 57.7 Å². The number of benzene rings is 1. The van der Waals surface area contributed by atoms with Gasteiger partial charge in [-0.1, -0.05) is 36.2 Å². The minimum Gasteiger partial charge on any atom is -0.355 e. The molecule has 1 aliphatic carbocycles. The van der Waals surface area contributed by atoms with Gasteiger partial charge in [0.2, 0.25) is 5.65 Å². The summed E-state index contributed by atoms with van der Waals surface area (Å²) in [6, 6.07) is 7.71. The second kappa shape index (κ2) is 5.70. The molecule has 1 aliphatic heterocycles. The molecule has 3 aromatic rings. The summed E-state index contributed by atoms with van der Waals surface area (Å²) in [6.07, 6.45) is 8.65. The minimum atomic E-state index is 0.637. The van der Waals surface area contributed by atoms with Gasteiger partial charge in [0, 0.05) is 18.7 Å². The molecule has 0 atom stereocenters. The number of halogens is 1. The highest BCUT2D eigenvalue weighted by atomic mass is 35.5. The molecule has 128 valence electrons. The molecular weight excluding hydrogens is 334 g/mol. The van der Waals surface area contributed by atoms with Crippen molar-refractivity contribution in [1.29, 1.82) is 0 Å². The SMILES string of the molecule is Clc1ccccc1-c1[nH]nc2nc(N3CCC4(CCC4)CC3)cnc12.